The molecule has 0 heterocycles. The van der Waals surface area contributed by atoms with Gasteiger partial charge < -0.3 is 10.4 Å². The zero-order chi connectivity index (χ0) is 12.6. The Morgan fingerprint density at radius 3 is 2.71 bits per heavy atom. The largest absolute Gasteiger partial charge is 0.478 e. The van der Waals surface area contributed by atoms with E-state index in [0.717, 1.165) is 12.0 Å². The molecule has 0 aliphatic heterocycles. The van der Waals surface area contributed by atoms with Crippen LogP contribution in [0.3, 0.4) is 0 Å². The molecule has 2 rings (SSSR count). The van der Waals surface area contributed by atoms with Gasteiger partial charge in [-0.1, -0.05) is 19.9 Å². The molecule has 0 spiro atoms. The molecule has 0 bridgehead atoms. The maximum absolute atomic E-state index is 13.4. The van der Waals surface area contributed by atoms with Crippen LogP contribution in [0.1, 0.15) is 36.2 Å². The van der Waals surface area contributed by atoms with Gasteiger partial charge in [-0.15, -0.1) is 0 Å². The summed E-state index contributed by atoms with van der Waals surface area (Å²) in [7, 11) is 0. The van der Waals surface area contributed by atoms with Gasteiger partial charge >= 0.3 is 5.97 Å². The standard InChI is InChI=1S/C13H16FNO2/c1-13(2)6-11(13)15-7-8-3-4-9(12(16)17)10(14)5-8/h3-5,11,15H,6-7H2,1-2H3,(H,16,17). The van der Waals surface area contributed by atoms with Gasteiger partial charge in [-0.2, -0.15) is 0 Å². The maximum atomic E-state index is 13.4. The van der Waals surface area contributed by atoms with E-state index >= 15 is 0 Å². The first-order valence-corrected chi connectivity index (χ1v) is 5.65. The molecule has 1 saturated carbocycles. The van der Waals surface area contributed by atoms with Gasteiger partial charge in [0.25, 0.3) is 0 Å². The van der Waals surface area contributed by atoms with Crippen LogP contribution in [0.4, 0.5) is 4.39 Å². The van der Waals surface area contributed by atoms with E-state index < -0.39 is 11.8 Å². The van der Waals surface area contributed by atoms with E-state index in [2.05, 4.69) is 19.2 Å². The third kappa shape index (κ3) is 2.64. The molecule has 4 heteroatoms. The summed E-state index contributed by atoms with van der Waals surface area (Å²) < 4.78 is 13.4. The number of carboxylic acid groups (broad SMARTS) is 1. The molecule has 2 N–H and O–H groups in total. The Bertz CT molecular complexity index is 457. The molecule has 1 fully saturated rings. The van der Waals surface area contributed by atoms with Crippen molar-refractivity contribution in [2.24, 2.45) is 5.41 Å². The van der Waals surface area contributed by atoms with Crippen molar-refractivity contribution in [3.05, 3.63) is 35.1 Å². The van der Waals surface area contributed by atoms with E-state index in [4.69, 9.17) is 5.11 Å². The lowest BCUT2D eigenvalue weighted by Crippen LogP contribution is -2.20. The SMILES string of the molecule is CC1(C)CC1NCc1ccc(C(=O)O)c(F)c1. The molecule has 92 valence electrons. The van der Waals surface area contributed by atoms with Gasteiger partial charge in [-0.3, -0.25) is 0 Å². The number of aromatic carboxylic acids is 1. The second-order valence-corrected chi connectivity index (χ2v) is 5.25. The molecule has 0 aromatic heterocycles. The molecular weight excluding hydrogens is 221 g/mol. The Balaban J connectivity index is 1.98. The predicted molar refractivity (Wildman–Crippen MR) is 62.4 cm³/mol. The Morgan fingerprint density at radius 1 is 1.59 bits per heavy atom. The number of carbonyl (C=O) groups is 1. The maximum Gasteiger partial charge on any atom is 0.338 e. The van der Waals surface area contributed by atoms with Crippen LogP contribution in [-0.2, 0) is 6.54 Å². The van der Waals surface area contributed by atoms with Gasteiger partial charge in [0.1, 0.15) is 5.82 Å². The van der Waals surface area contributed by atoms with Gasteiger partial charge in [-0.25, -0.2) is 9.18 Å². The van der Waals surface area contributed by atoms with Crippen LogP contribution >= 0.6 is 0 Å². The number of rotatable bonds is 4. The number of nitrogens with one attached hydrogen (secondary N) is 1. The van der Waals surface area contributed by atoms with Crippen LogP contribution < -0.4 is 5.32 Å². The number of halogens is 1. The number of benzene rings is 1. The molecule has 1 aliphatic rings. The highest BCUT2D eigenvalue weighted by molar-refractivity contribution is 5.87. The van der Waals surface area contributed by atoms with Crippen LogP contribution in [0.5, 0.6) is 0 Å². The van der Waals surface area contributed by atoms with Crippen molar-refractivity contribution in [1.82, 2.24) is 5.32 Å². The Morgan fingerprint density at radius 2 is 2.24 bits per heavy atom. The monoisotopic (exact) mass is 237 g/mol. The van der Waals surface area contributed by atoms with Gasteiger partial charge in [0.15, 0.2) is 0 Å². The van der Waals surface area contributed by atoms with E-state index in [1.165, 1.54) is 12.1 Å². The molecule has 1 aromatic rings. The van der Waals surface area contributed by atoms with Crippen molar-refractivity contribution >= 4 is 5.97 Å². The smallest absolute Gasteiger partial charge is 0.338 e. The number of carboxylic acids is 1. The zero-order valence-electron chi connectivity index (χ0n) is 9.96. The highest BCUT2D eigenvalue weighted by Gasteiger charge is 2.44. The minimum atomic E-state index is -1.23. The molecule has 0 saturated heterocycles. The lowest BCUT2D eigenvalue weighted by molar-refractivity contribution is 0.0692. The fourth-order valence-electron chi connectivity index (χ4n) is 1.90. The first kappa shape index (κ1) is 12.0. The fraction of sp³-hybridized carbons (Fsp3) is 0.462. The van der Waals surface area contributed by atoms with Crippen molar-refractivity contribution < 1.29 is 14.3 Å². The Hall–Kier alpha value is -1.42. The molecule has 1 atom stereocenters. The summed E-state index contributed by atoms with van der Waals surface area (Å²) in [6, 6.07) is 4.72. The first-order chi connectivity index (χ1) is 7.90. The van der Waals surface area contributed by atoms with Crippen molar-refractivity contribution in [2.45, 2.75) is 32.9 Å². The van der Waals surface area contributed by atoms with Gasteiger partial charge in [0, 0.05) is 12.6 Å². The zero-order valence-corrected chi connectivity index (χ0v) is 9.96. The average Bonchev–Trinajstić information content (AvgIpc) is 2.83. The van der Waals surface area contributed by atoms with Crippen LogP contribution in [-0.4, -0.2) is 17.1 Å². The van der Waals surface area contributed by atoms with Crippen molar-refractivity contribution in [3.8, 4) is 0 Å². The van der Waals surface area contributed by atoms with Gasteiger partial charge in [0.2, 0.25) is 0 Å². The minimum Gasteiger partial charge on any atom is -0.478 e. The number of hydrogen-bond acceptors (Lipinski definition) is 2. The van der Waals surface area contributed by atoms with Crippen LogP contribution in [0.25, 0.3) is 0 Å². The first-order valence-electron chi connectivity index (χ1n) is 5.65. The number of hydrogen-bond donors (Lipinski definition) is 2. The second kappa shape index (κ2) is 4.11. The van der Waals surface area contributed by atoms with E-state index in [-0.39, 0.29) is 5.56 Å². The highest BCUT2D eigenvalue weighted by Crippen LogP contribution is 2.44. The Labute approximate surface area is 99.7 Å². The predicted octanol–water partition coefficient (Wildman–Crippen LogP) is 2.41. The van der Waals surface area contributed by atoms with E-state index in [1.54, 1.807) is 6.07 Å². The Kier molecular flexibility index (Phi) is 2.91. The summed E-state index contributed by atoms with van der Waals surface area (Å²) >= 11 is 0. The molecule has 1 aromatic carbocycles. The van der Waals surface area contributed by atoms with Crippen molar-refractivity contribution in [1.29, 1.82) is 0 Å². The van der Waals surface area contributed by atoms with Gasteiger partial charge in [0.05, 0.1) is 5.56 Å². The summed E-state index contributed by atoms with van der Waals surface area (Å²) in [4.78, 5) is 10.6. The van der Waals surface area contributed by atoms with E-state index in [1.807, 2.05) is 0 Å². The second-order valence-electron chi connectivity index (χ2n) is 5.25. The molecule has 17 heavy (non-hydrogen) atoms. The summed E-state index contributed by atoms with van der Waals surface area (Å²) in [6.45, 7) is 4.93. The summed E-state index contributed by atoms with van der Waals surface area (Å²) in [6.07, 6.45) is 1.13. The molecule has 0 amide bonds. The van der Waals surface area contributed by atoms with Crippen LogP contribution in [0.15, 0.2) is 18.2 Å². The van der Waals surface area contributed by atoms with E-state index in [0.29, 0.717) is 18.0 Å². The summed E-state index contributed by atoms with van der Waals surface area (Å²) in [5.41, 5.74) is 0.829. The quantitative estimate of drug-likeness (QED) is 0.845. The average molecular weight is 237 g/mol. The molecule has 1 aliphatic carbocycles. The van der Waals surface area contributed by atoms with Crippen molar-refractivity contribution in [3.63, 3.8) is 0 Å². The highest BCUT2D eigenvalue weighted by atomic mass is 19.1. The third-order valence-corrected chi connectivity index (χ3v) is 3.33. The fourth-order valence-corrected chi connectivity index (χ4v) is 1.90. The van der Waals surface area contributed by atoms with Crippen LogP contribution in [0, 0.1) is 11.2 Å². The lowest BCUT2D eigenvalue weighted by atomic mass is 10.1. The van der Waals surface area contributed by atoms with Crippen LogP contribution in [0.2, 0.25) is 0 Å². The molecule has 0 radical (unpaired) electrons. The summed E-state index contributed by atoms with van der Waals surface area (Å²) in [5.74, 6) is -1.91. The lowest BCUT2D eigenvalue weighted by Gasteiger charge is -2.07. The normalized spacial score (nSPS) is 21.2. The van der Waals surface area contributed by atoms with Crippen molar-refractivity contribution in [2.75, 3.05) is 0 Å². The third-order valence-electron chi connectivity index (χ3n) is 3.33. The minimum absolute atomic E-state index is 0.277. The van der Waals surface area contributed by atoms with E-state index in [9.17, 15) is 9.18 Å². The molecule has 1 unspecified atom stereocenters. The molecular formula is C13H16FNO2. The molecule has 3 nitrogen and oxygen atoms in total. The topological polar surface area (TPSA) is 49.3 Å². The van der Waals surface area contributed by atoms with Gasteiger partial charge in [-0.05, 0) is 29.5 Å². The summed E-state index contributed by atoms with van der Waals surface area (Å²) in [5, 5.41) is 12.0.